The summed E-state index contributed by atoms with van der Waals surface area (Å²) < 4.78 is 5.64. The van der Waals surface area contributed by atoms with E-state index in [1.54, 1.807) is 0 Å². The minimum atomic E-state index is 0.00217. The molecule has 0 unspecified atom stereocenters. The summed E-state index contributed by atoms with van der Waals surface area (Å²) >= 11 is 0. The fourth-order valence-corrected chi connectivity index (χ4v) is 4.82. The zero-order valence-electron chi connectivity index (χ0n) is 20.6. The van der Waals surface area contributed by atoms with Crippen molar-refractivity contribution in [3.63, 3.8) is 0 Å². The monoisotopic (exact) mass is 478 g/mol. The molecular formula is C28H38N4O3. The molecule has 0 saturated carbocycles. The number of amides is 2. The molecule has 188 valence electrons. The third-order valence-electron chi connectivity index (χ3n) is 6.99. The highest BCUT2D eigenvalue weighted by Gasteiger charge is 2.27. The number of carbonyl (C=O) groups is 2. The van der Waals surface area contributed by atoms with E-state index in [2.05, 4.69) is 45.4 Å². The second kappa shape index (κ2) is 13.3. The van der Waals surface area contributed by atoms with Crippen LogP contribution < -0.4 is 10.1 Å². The van der Waals surface area contributed by atoms with Gasteiger partial charge in [0.25, 0.3) is 0 Å². The van der Waals surface area contributed by atoms with Crippen molar-refractivity contribution < 1.29 is 14.3 Å². The second-order valence-electron chi connectivity index (χ2n) is 9.46. The van der Waals surface area contributed by atoms with Gasteiger partial charge in [0.05, 0.1) is 13.0 Å². The molecule has 2 aromatic rings. The van der Waals surface area contributed by atoms with Crippen molar-refractivity contribution >= 4 is 11.8 Å². The zero-order chi connectivity index (χ0) is 24.3. The van der Waals surface area contributed by atoms with E-state index in [0.717, 1.165) is 57.9 Å². The highest BCUT2D eigenvalue weighted by atomic mass is 16.5. The summed E-state index contributed by atoms with van der Waals surface area (Å²) in [4.78, 5) is 31.9. The van der Waals surface area contributed by atoms with Crippen LogP contribution in [0.5, 0.6) is 5.75 Å². The summed E-state index contributed by atoms with van der Waals surface area (Å²) in [6.07, 6.45) is 1.83. The molecule has 1 N–H and O–H groups in total. The fourth-order valence-electron chi connectivity index (χ4n) is 4.82. The van der Waals surface area contributed by atoms with Gasteiger partial charge in [-0.2, -0.15) is 0 Å². The summed E-state index contributed by atoms with van der Waals surface area (Å²) in [5.41, 5.74) is 1.36. The number of nitrogens with one attached hydrogen (secondary N) is 1. The smallest absolute Gasteiger partial charge is 0.225 e. The fraction of sp³-hybridized carbons (Fsp3) is 0.500. The van der Waals surface area contributed by atoms with Crippen LogP contribution in [0.1, 0.15) is 24.8 Å². The first-order valence-corrected chi connectivity index (χ1v) is 12.9. The minimum absolute atomic E-state index is 0.00217. The van der Waals surface area contributed by atoms with Crippen LogP contribution in [-0.4, -0.2) is 85.5 Å². The first-order valence-electron chi connectivity index (χ1n) is 12.9. The van der Waals surface area contributed by atoms with Gasteiger partial charge in [0, 0.05) is 64.8 Å². The molecule has 0 bridgehead atoms. The van der Waals surface area contributed by atoms with E-state index < -0.39 is 0 Å². The molecule has 2 aromatic carbocycles. The Balaban J connectivity index is 1.06. The maximum absolute atomic E-state index is 12.6. The first kappa shape index (κ1) is 25.2. The van der Waals surface area contributed by atoms with Crippen LogP contribution in [0.15, 0.2) is 60.7 Å². The van der Waals surface area contributed by atoms with Gasteiger partial charge in [-0.15, -0.1) is 0 Å². The van der Waals surface area contributed by atoms with Gasteiger partial charge in [0.1, 0.15) is 5.75 Å². The average Bonchev–Trinajstić information content (AvgIpc) is 2.91. The standard InChI is InChI=1S/C28H38N4O3/c33-27(13-22-35-26-9-5-2-6-10-26)32-15-11-25(12-16-32)28(34)29-14-17-30-18-20-31(21-19-30)23-24-7-3-1-4-8-24/h1-10,25H,11-23H2,(H,29,34). The van der Waals surface area contributed by atoms with E-state index in [-0.39, 0.29) is 17.7 Å². The quantitative estimate of drug-likeness (QED) is 0.569. The number of rotatable bonds is 10. The van der Waals surface area contributed by atoms with E-state index in [9.17, 15) is 9.59 Å². The summed E-state index contributed by atoms with van der Waals surface area (Å²) in [5, 5.41) is 3.13. The lowest BCUT2D eigenvalue weighted by atomic mass is 9.95. The van der Waals surface area contributed by atoms with Gasteiger partial charge < -0.3 is 15.0 Å². The van der Waals surface area contributed by atoms with Crippen molar-refractivity contribution in [3.8, 4) is 5.75 Å². The number of ether oxygens (including phenoxy) is 1. The molecular weight excluding hydrogens is 440 g/mol. The molecule has 2 aliphatic rings. The molecule has 4 rings (SSSR count). The van der Waals surface area contributed by atoms with E-state index >= 15 is 0 Å². The number of piperazine rings is 1. The Morgan fingerprint density at radius 3 is 2.14 bits per heavy atom. The molecule has 2 aliphatic heterocycles. The van der Waals surface area contributed by atoms with Crippen LogP contribution in [0.4, 0.5) is 0 Å². The molecule has 0 aromatic heterocycles. The van der Waals surface area contributed by atoms with E-state index in [1.807, 2.05) is 35.2 Å². The Morgan fingerprint density at radius 2 is 1.46 bits per heavy atom. The lowest BCUT2D eigenvalue weighted by molar-refractivity contribution is -0.136. The first-order chi connectivity index (χ1) is 17.2. The number of para-hydroxylation sites is 1. The minimum Gasteiger partial charge on any atom is -0.493 e. The van der Waals surface area contributed by atoms with E-state index in [0.29, 0.717) is 32.7 Å². The number of hydrogen-bond donors (Lipinski definition) is 1. The molecule has 2 fully saturated rings. The van der Waals surface area contributed by atoms with Gasteiger partial charge in [-0.25, -0.2) is 0 Å². The molecule has 2 amide bonds. The topological polar surface area (TPSA) is 65.1 Å². The number of nitrogens with zero attached hydrogens (tertiary/aromatic N) is 3. The number of carbonyl (C=O) groups excluding carboxylic acids is 2. The number of benzene rings is 2. The number of piperidine rings is 1. The zero-order valence-corrected chi connectivity index (χ0v) is 20.6. The Hall–Kier alpha value is -2.90. The molecule has 2 saturated heterocycles. The summed E-state index contributed by atoms with van der Waals surface area (Å²) in [5.74, 6) is 1.02. The van der Waals surface area contributed by atoms with Gasteiger partial charge in [0.2, 0.25) is 11.8 Å². The van der Waals surface area contributed by atoms with Crippen molar-refractivity contribution in [1.82, 2.24) is 20.0 Å². The van der Waals surface area contributed by atoms with Gasteiger partial charge >= 0.3 is 0 Å². The maximum atomic E-state index is 12.6. The predicted molar refractivity (Wildman–Crippen MR) is 137 cm³/mol. The SMILES string of the molecule is O=C(NCCN1CCN(Cc2ccccc2)CC1)C1CCN(C(=O)CCOc2ccccc2)CC1. The van der Waals surface area contributed by atoms with Crippen LogP contribution in [0.3, 0.4) is 0 Å². The van der Waals surface area contributed by atoms with Crippen molar-refractivity contribution in [2.75, 3.05) is 59.0 Å². The number of hydrogen-bond acceptors (Lipinski definition) is 5. The Morgan fingerprint density at radius 1 is 0.829 bits per heavy atom. The van der Waals surface area contributed by atoms with Crippen molar-refractivity contribution in [1.29, 1.82) is 0 Å². The molecule has 0 atom stereocenters. The highest BCUT2D eigenvalue weighted by molar-refractivity contribution is 5.80. The maximum Gasteiger partial charge on any atom is 0.225 e. The van der Waals surface area contributed by atoms with E-state index in [1.165, 1.54) is 5.56 Å². The molecule has 0 aliphatic carbocycles. The van der Waals surface area contributed by atoms with Crippen LogP contribution in [0.2, 0.25) is 0 Å². The van der Waals surface area contributed by atoms with Crippen LogP contribution >= 0.6 is 0 Å². The second-order valence-corrected chi connectivity index (χ2v) is 9.46. The summed E-state index contributed by atoms with van der Waals surface area (Å²) in [7, 11) is 0. The predicted octanol–water partition coefficient (Wildman–Crippen LogP) is 2.63. The van der Waals surface area contributed by atoms with Crippen LogP contribution in [0, 0.1) is 5.92 Å². The Labute approximate surface area is 209 Å². The van der Waals surface area contributed by atoms with Crippen molar-refractivity contribution in [2.45, 2.75) is 25.8 Å². The lowest BCUT2D eigenvalue weighted by Crippen LogP contribution is -2.49. The van der Waals surface area contributed by atoms with E-state index in [4.69, 9.17) is 4.74 Å². The Kier molecular flexibility index (Phi) is 9.55. The third-order valence-corrected chi connectivity index (χ3v) is 6.99. The Bertz CT molecular complexity index is 908. The molecule has 7 heteroatoms. The average molecular weight is 479 g/mol. The van der Waals surface area contributed by atoms with Gasteiger partial charge in [-0.3, -0.25) is 19.4 Å². The van der Waals surface area contributed by atoms with Crippen molar-refractivity contribution in [3.05, 3.63) is 66.2 Å². The molecule has 0 spiro atoms. The van der Waals surface area contributed by atoms with Gasteiger partial charge in [-0.1, -0.05) is 48.5 Å². The normalized spacial score (nSPS) is 17.8. The number of likely N-dealkylation sites (tertiary alicyclic amines) is 1. The largest absolute Gasteiger partial charge is 0.493 e. The van der Waals surface area contributed by atoms with Crippen molar-refractivity contribution in [2.24, 2.45) is 5.92 Å². The highest BCUT2D eigenvalue weighted by Crippen LogP contribution is 2.18. The van der Waals surface area contributed by atoms with Crippen LogP contribution in [-0.2, 0) is 16.1 Å². The summed E-state index contributed by atoms with van der Waals surface area (Å²) in [6, 6.07) is 20.2. The molecule has 35 heavy (non-hydrogen) atoms. The molecule has 0 radical (unpaired) electrons. The third kappa shape index (κ3) is 8.08. The lowest BCUT2D eigenvalue weighted by Gasteiger charge is -2.35. The van der Waals surface area contributed by atoms with Gasteiger partial charge in [-0.05, 0) is 30.5 Å². The van der Waals surface area contributed by atoms with Crippen LogP contribution in [0.25, 0.3) is 0 Å². The van der Waals surface area contributed by atoms with Gasteiger partial charge in [0.15, 0.2) is 0 Å². The molecule has 7 nitrogen and oxygen atoms in total. The molecule has 2 heterocycles. The summed E-state index contributed by atoms with van der Waals surface area (Å²) in [6.45, 7) is 8.46.